The molecule has 0 aromatic heterocycles. The predicted molar refractivity (Wildman–Crippen MR) is 93.2 cm³/mol. The fourth-order valence-electron chi connectivity index (χ4n) is 2.58. The normalized spacial score (nSPS) is 14.2. The summed E-state index contributed by atoms with van der Waals surface area (Å²) in [7, 11) is 0. The number of ether oxygens (including phenoxy) is 2. The van der Waals surface area contributed by atoms with Gasteiger partial charge in [0.15, 0.2) is 6.61 Å². The minimum atomic E-state index is -0.336. The van der Waals surface area contributed by atoms with Crippen LogP contribution in [0.1, 0.15) is 5.56 Å². The fraction of sp³-hybridized carbons (Fsp3) is 0.316. The van der Waals surface area contributed by atoms with E-state index in [-0.39, 0.29) is 18.3 Å². The Morgan fingerprint density at radius 3 is 2.44 bits per heavy atom. The number of morpholine rings is 1. The molecular formula is C19H21FN2O3. The van der Waals surface area contributed by atoms with Gasteiger partial charge in [-0.15, -0.1) is 0 Å². The van der Waals surface area contributed by atoms with Gasteiger partial charge in [0.05, 0.1) is 13.2 Å². The van der Waals surface area contributed by atoms with Crippen molar-refractivity contribution in [1.82, 2.24) is 5.32 Å². The molecule has 25 heavy (non-hydrogen) atoms. The largest absolute Gasteiger partial charge is 0.484 e. The van der Waals surface area contributed by atoms with E-state index in [4.69, 9.17) is 9.47 Å². The Balaban J connectivity index is 1.43. The summed E-state index contributed by atoms with van der Waals surface area (Å²) in [5.41, 5.74) is 2.19. The van der Waals surface area contributed by atoms with Gasteiger partial charge in [-0.05, 0) is 42.0 Å². The first-order valence-electron chi connectivity index (χ1n) is 8.27. The molecule has 1 aliphatic heterocycles. The van der Waals surface area contributed by atoms with Crippen LogP contribution in [0.5, 0.6) is 5.75 Å². The third kappa shape index (κ3) is 5.19. The van der Waals surface area contributed by atoms with Crippen molar-refractivity contribution in [1.29, 1.82) is 0 Å². The maximum Gasteiger partial charge on any atom is 0.258 e. The number of nitrogens with zero attached hydrogens (tertiary/aromatic N) is 1. The van der Waals surface area contributed by atoms with E-state index in [1.165, 1.54) is 24.3 Å². The third-order valence-electron chi connectivity index (χ3n) is 3.99. The zero-order chi connectivity index (χ0) is 17.5. The lowest BCUT2D eigenvalue weighted by Crippen LogP contribution is -2.36. The number of amides is 1. The number of nitrogens with one attached hydrogen (secondary N) is 1. The van der Waals surface area contributed by atoms with Crippen LogP contribution in [-0.2, 0) is 16.1 Å². The van der Waals surface area contributed by atoms with E-state index in [2.05, 4.69) is 22.3 Å². The molecule has 0 aliphatic carbocycles. The minimum Gasteiger partial charge on any atom is -0.484 e. The summed E-state index contributed by atoms with van der Waals surface area (Å²) in [6.45, 7) is 3.65. The van der Waals surface area contributed by atoms with Crippen molar-refractivity contribution in [2.24, 2.45) is 0 Å². The molecule has 1 N–H and O–H groups in total. The second kappa shape index (κ2) is 8.48. The van der Waals surface area contributed by atoms with Gasteiger partial charge in [-0.25, -0.2) is 4.39 Å². The van der Waals surface area contributed by atoms with Gasteiger partial charge in [0.1, 0.15) is 11.6 Å². The molecule has 0 saturated carbocycles. The van der Waals surface area contributed by atoms with Gasteiger partial charge in [-0.3, -0.25) is 4.79 Å². The summed E-state index contributed by atoms with van der Waals surface area (Å²) in [6, 6.07) is 13.7. The smallest absolute Gasteiger partial charge is 0.258 e. The lowest BCUT2D eigenvalue weighted by atomic mass is 10.2. The number of hydrogen-bond donors (Lipinski definition) is 1. The molecule has 0 atom stereocenters. The summed E-state index contributed by atoms with van der Waals surface area (Å²) in [5, 5.41) is 2.81. The van der Waals surface area contributed by atoms with Crippen LogP contribution in [0.15, 0.2) is 48.5 Å². The predicted octanol–water partition coefficient (Wildman–Crippen LogP) is 2.36. The summed E-state index contributed by atoms with van der Waals surface area (Å²) in [6.07, 6.45) is 0. The van der Waals surface area contributed by atoms with Gasteiger partial charge in [0.25, 0.3) is 5.91 Å². The van der Waals surface area contributed by atoms with Crippen LogP contribution < -0.4 is 15.0 Å². The lowest BCUT2D eigenvalue weighted by molar-refractivity contribution is -0.123. The molecule has 6 heteroatoms. The first-order valence-corrected chi connectivity index (χ1v) is 8.27. The lowest BCUT2D eigenvalue weighted by Gasteiger charge is -2.28. The molecule has 1 heterocycles. The molecule has 3 rings (SSSR count). The summed E-state index contributed by atoms with van der Waals surface area (Å²) >= 11 is 0. The van der Waals surface area contributed by atoms with Gasteiger partial charge in [0.2, 0.25) is 0 Å². The fourth-order valence-corrected chi connectivity index (χ4v) is 2.58. The summed E-state index contributed by atoms with van der Waals surface area (Å²) in [4.78, 5) is 14.1. The Hall–Kier alpha value is -2.60. The number of benzene rings is 2. The van der Waals surface area contributed by atoms with Crippen molar-refractivity contribution >= 4 is 11.6 Å². The Morgan fingerprint density at radius 1 is 1.08 bits per heavy atom. The van der Waals surface area contributed by atoms with Crippen molar-refractivity contribution in [3.05, 3.63) is 59.9 Å². The van der Waals surface area contributed by atoms with Gasteiger partial charge in [-0.2, -0.15) is 0 Å². The highest BCUT2D eigenvalue weighted by Crippen LogP contribution is 2.16. The maximum absolute atomic E-state index is 12.8. The summed E-state index contributed by atoms with van der Waals surface area (Å²) in [5.74, 6) is -0.0923. The molecule has 1 saturated heterocycles. The number of rotatable bonds is 6. The van der Waals surface area contributed by atoms with Crippen LogP contribution in [0.2, 0.25) is 0 Å². The highest BCUT2D eigenvalue weighted by Gasteiger charge is 2.11. The average molecular weight is 344 g/mol. The average Bonchev–Trinajstić information content (AvgIpc) is 2.67. The second-order valence-corrected chi connectivity index (χ2v) is 5.79. The van der Waals surface area contributed by atoms with E-state index in [1.54, 1.807) is 0 Å². The molecule has 132 valence electrons. The van der Waals surface area contributed by atoms with E-state index in [9.17, 15) is 9.18 Å². The van der Waals surface area contributed by atoms with Crippen LogP contribution >= 0.6 is 0 Å². The Morgan fingerprint density at radius 2 is 1.76 bits per heavy atom. The summed E-state index contributed by atoms with van der Waals surface area (Å²) < 4.78 is 23.5. The number of hydrogen-bond acceptors (Lipinski definition) is 4. The van der Waals surface area contributed by atoms with Crippen LogP contribution in [-0.4, -0.2) is 38.8 Å². The zero-order valence-electron chi connectivity index (χ0n) is 13.9. The van der Waals surface area contributed by atoms with Gasteiger partial charge >= 0.3 is 0 Å². The maximum atomic E-state index is 12.8. The van der Waals surface area contributed by atoms with E-state index < -0.39 is 0 Å². The molecular weight excluding hydrogens is 323 g/mol. The monoisotopic (exact) mass is 344 g/mol. The molecule has 2 aromatic carbocycles. The molecule has 1 aliphatic rings. The highest BCUT2D eigenvalue weighted by atomic mass is 19.1. The van der Waals surface area contributed by atoms with Gasteiger partial charge in [-0.1, -0.05) is 12.1 Å². The molecule has 1 amide bonds. The second-order valence-electron chi connectivity index (χ2n) is 5.79. The molecule has 0 bridgehead atoms. The Bertz CT molecular complexity index is 683. The molecule has 0 radical (unpaired) electrons. The van der Waals surface area contributed by atoms with Crippen molar-refractivity contribution in [2.75, 3.05) is 37.8 Å². The molecule has 2 aromatic rings. The number of carbonyl (C=O) groups excluding carboxylic acids is 1. The quantitative estimate of drug-likeness (QED) is 0.874. The SMILES string of the molecule is O=C(COc1ccc(F)cc1)NCc1ccc(N2CCOCC2)cc1. The molecule has 0 unspecified atom stereocenters. The number of carbonyl (C=O) groups is 1. The zero-order valence-corrected chi connectivity index (χ0v) is 13.9. The van der Waals surface area contributed by atoms with E-state index in [0.717, 1.165) is 37.6 Å². The molecule has 1 fully saturated rings. The third-order valence-corrected chi connectivity index (χ3v) is 3.99. The van der Waals surface area contributed by atoms with Crippen molar-refractivity contribution in [3.8, 4) is 5.75 Å². The topological polar surface area (TPSA) is 50.8 Å². The van der Waals surface area contributed by atoms with Gasteiger partial charge < -0.3 is 19.7 Å². The van der Waals surface area contributed by atoms with Gasteiger partial charge in [0, 0.05) is 25.3 Å². The first-order chi connectivity index (χ1) is 12.2. The first kappa shape index (κ1) is 17.2. The van der Waals surface area contributed by atoms with Crippen LogP contribution in [0.4, 0.5) is 10.1 Å². The van der Waals surface area contributed by atoms with Crippen LogP contribution in [0, 0.1) is 5.82 Å². The van der Waals surface area contributed by atoms with Crippen molar-refractivity contribution < 1.29 is 18.7 Å². The molecule has 5 nitrogen and oxygen atoms in total. The van der Waals surface area contributed by atoms with E-state index in [0.29, 0.717) is 12.3 Å². The molecule has 0 spiro atoms. The Labute approximate surface area is 146 Å². The Kier molecular flexibility index (Phi) is 5.85. The van der Waals surface area contributed by atoms with Crippen LogP contribution in [0.3, 0.4) is 0 Å². The highest BCUT2D eigenvalue weighted by molar-refractivity contribution is 5.77. The number of halogens is 1. The minimum absolute atomic E-state index is 0.0997. The van der Waals surface area contributed by atoms with Crippen LogP contribution in [0.25, 0.3) is 0 Å². The van der Waals surface area contributed by atoms with E-state index in [1.807, 2.05) is 12.1 Å². The van der Waals surface area contributed by atoms with Crippen molar-refractivity contribution in [3.63, 3.8) is 0 Å². The van der Waals surface area contributed by atoms with Crippen molar-refractivity contribution in [2.45, 2.75) is 6.54 Å². The number of anilines is 1. The van der Waals surface area contributed by atoms with E-state index >= 15 is 0 Å². The standard InChI is InChI=1S/C19H21FN2O3/c20-16-3-7-18(8-4-16)25-14-19(23)21-13-15-1-5-17(6-2-15)22-9-11-24-12-10-22/h1-8H,9-14H2,(H,21,23).